The topological polar surface area (TPSA) is 46.2 Å². The largest absolute Gasteiger partial charge is 0.362 e. The van der Waals surface area contributed by atoms with Crippen LogP contribution >= 0.6 is 11.6 Å². The van der Waals surface area contributed by atoms with E-state index in [4.69, 9.17) is 17.3 Å². The first-order valence-electron chi connectivity index (χ1n) is 3.12. The van der Waals surface area contributed by atoms with E-state index in [-0.39, 0.29) is 0 Å². The van der Waals surface area contributed by atoms with Crippen LogP contribution in [0, 0.1) is 5.41 Å². The number of nitrogens with two attached hydrogens (primary N) is 1. The van der Waals surface area contributed by atoms with Crippen molar-refractivity contribution < 1.29 is 5.11 Å². The Morgan fingerprint density at radius 3 is 2.20 bits per heavy atom. The number of hydrogen-bond acceptors (Lipinski definition) is 2. The molecule has 0 aromatic rings. The van der Waals surface area contributed by atoms with Gasteiger partial charge in [-0.3, -0.25) is 5.73 Å². The highest BCUT2D eigenvalue weighted by Crippen LogP contribution is 2.33. The normalized spacial score (nSPS) is 18.1. The van der Waals surface area contributed by atoms with E-state index in [1.165, 1.54) is 0 Å². The van der Waals surface area contributed by atoms with Gasteiger partial charge in [-0.05, 0) is 6.42 Å². The van der Waals surface area contributed by atoms with Crippen molar-refractivity contribution in [1.29, 1.82) is 0 Å². The fraction of sp³-hybridized carbons (Fsp3) is 0.714. The van der Waals surface area contributed by atoms with Crippen molar-refractivity contribution in [3.05, 3.63) is 12.7 Å². The van der Waals surface area contributed by atoms with Crippen molar-refractivity contribution in [2.45, 2.75) is 25.5 Å². The average Bonchev–Trinajstić information content (AvgIpc) is 1.61. The van der Waals surface area contributed by atoms with Crippen LogP contribution in [0.15, 0.2) is 12.7 Å². The molecule has 0 bridgehead atoms. The number of hydrogen-bond donors (Lipinski definition) is 2. The molecule has 0 aromatic heterocycles. The van der Waals surface area contributed by atoms with Gasteiger partial charge >= 0.3 is 0 Å². The van der Waals surface area contributed by atoms with Gasteiger partial charge in [0.05, 0.1) is 0 Å². The molecule has 0 aliphatic heterocycles. The summed E-state index contributed by atoms with van der Waals surface area (Å²) >= 11 is 5.49. The zero-order valence-electron chi connectivity index (χ0n) is 6.39. The molecular formula is C7H14ClNO. The van der Waals surface area contributed by atoms with Gasteiger partial charge in [0, 0.05) is 5.41 Å². The minimum Gasteiger partial charge on any atom is -0.362 e. The Bertz CT molecular complexity index is 126. The Hall–Kier alpha value is -0.0500. The summed E-state index contributed by atoms with van der Waals surface area (Å²) in [5, 5.41) is 7.52. The first-order valence-corrected chi connectivity index (χ1v) is 3.50. The highest BCUT2D eigenvalue weighted by molar-refractivity contribution is 6.22. The Labute approximate surface area is 66.7 Å². The molecule has 1 unspecified atom stereocenters. The van der Waals surface area contributed by atoms with Gasteiger partial charge in [-0.25, -0.2) is 0 Å². The van der Waals surface area contributed by atoms with E-state index in [1.807, 2.05) is 0 Å². The van der Waals surface area contributed by atoms with Crippen LogP contribution in [0.4, 0.5) is 0 Å². The van der Waals surface area contributed by atoms with Crippen LogP contribution in [-0.4, -0.2) is 10.3 Å². The Morgan fingerprint density at radius 2 is 2.10 bits per heavy atom. The summed E-state index contributed by atoms with van der Waals surface area (Å²) in [4.78, 5) is 0. The Morgan fingerprint density at radius 1 is 1.70 bits per heavy atom. The van der Waals surface area contributed by atoms with Crippen LogP contribution in [0.2, 0.25) is 0 Å². The van der Waals surface area contributed by atoms with Gasteiger partial charge in [0.25, 0.3) is 0 Å². The summed E-state index contributed by atoms with van der Waals surface area (Å²) < 4.78 is 0. The molecule has 0 fully saturated rings. The van der Waals surface area contributed by atoms with Crippen LogP contribution in [0.5, 0.6) is 0 Å². The number of aliphatic hydroxyl groups is 1. The summed E-state index contributed by atoms with van der Waals surface area (Å²) in [6, 6.07) is 0. The van der Waals surface area contributed by atoms with Crippen molar-refractivity contribution >= 4 is 11.6 Å². The third-order valence-electron chi connectivity index (χ3n) is 1.60. The molecule has 2 nitrogen and oxygen atoms in total. The monoisotopic (exact) mass is 163 g/mol. The fourth-order valence-corrected chi connectivity index (χ4v) is 0.581. The van der Waals surface area contributed by atoms with Crippen molar-refractivity contribution in [2.75, 3.05) is 0 Å². The summed E-state index contributed by atoms with van der Waals surface area (Å²) in [5.41, 5.74) is 4.74. The predicted octanol–water partition coefficient (Wildman–Crippen LogP) is 1.43. The predicted molar refractivity (Wildman–Crippen MR) is 43.6 cm³/mol. The maximum Gasteiger partial charge on any atom is 0.196 e. The lowest BCUT2D eigenvalue weighted by molar-refractivity contribution is 0.0159. The standard InChI is InChI=1S/C7H14ClNO/c1-4-5-6(2,3)7(8,9)10/h4,10H,1,5,9H2,2-3H3. The molecule has 0 amide bonds. The second-order valence-corrected chi connectivity index (χ2v) is 3.63. The molecule has 3 heteroatoms. The molecule has 0 saturated carbocycles. The summed E-state index contributed by atoms with van der Waals surface area (Å²) in [6.45, 7) is 7.09. The maximum atomic E-state index is 9.17. The second kappa shape index (κ2) is 2.91. The molecule has 1 atom stereocenters. The van der Waals surface area contributed by atoms with Gasteiger partial charge in [0.1, 0.15) is 0 Å². The molecule has 0 spiro atoms. The van der Waals surface area contributed by atoms with E-state index in [0.29, 0.717) is 6.42 Å². The maximum absolute atomic E-state index is 9.17. The highest BCUT2D eigenvalue weighted by Gasteiger charge is 2.36. The molecule has 0 heterocycles. The van der Waals surface area contributed by atoms with Crippen LogP contribution in [-0.2, 0) is 0 Å². The third-order valence-corrected chi connectivity index (χ3v) is 2.12. The third kappa shape index (κ3) is 2.29. The van der Waals surface area contributed by atoms with Gasteiger partial charge in [-0.2, -0.15) is 0 Å². The van der Waals surface area contributed by atoms with Crippen LogP contribution in [0.3, 0.4) is 0 Å². The van der Waals surface area contributed by atoms with Crippen LogP contribution in [0.25, 0.3) is 0 Å². The minimum atomic E-state index is -1.65. The molecule has 0 aliphatic rings. The van der Waals surface area contributed by atoms with E-state index < -0.39 is 10.6 Å². The van der Waals surface area contributed by atoms with E-state index in [2.05, 4.69) is 6.58 Å². The quantitative estimate of drug-likeness (QED) is 0.286. The van der Waals surface area contributed by atoms with Crippen LogP contribution < -0.4 is 5.73 Å². The summed E-state index contributed by atoms with van der Waals surface area (Å²) in [7, 11) is 0. The summed E-state index contributed by atoms with van der Waals surface area (Å²) in [6.07, 6.45) is 2.27. The van der Waals surface area contributed by atoms with Crippen molar-refractivity contribution in [3.8, 4) is 0 Å². The molecule has 3 N–H and O–H groups in total. The summed E-state index contributed by atoms with van der Waals surface area (Å²) in [5.74, 6) is 0. The van der Waals surface area contributed by atoms with Gasteiger partial charge in [-0.1, -0.05) is 31.5 Å². The molecule has 0 rings (SSSR count). The average molecular weight is 164 g/mol. The molecule has 0 saturated heterocycles. The number of alkyl halides is 1. The smallest absolute Gasteiger partial charge is 0.196 e. The molecule has 60 valence electrons. The lowest BCUT2D eigenvalue weighted by Crippen LogP contribution is -2.47. The van der Waals surface area contributed by atoms with Gasteiger partial charge in [-0.15, -0.1) is 6.58 Å². The zero-order chi connectivity index (χ0) is 8.41. The van der Waals surface area contributed by atoms with Gasteiger partial charge in [0.2, 0.25) is 0 Å². The molecule has 10 heavy (non-hydrogen) atoms. The van der Waals surface area contributed by atoms with Crippen LogP contribution in [0.1, 0.15) is 20.3 Å². The van der Waals surface area contributed by atoms with E-state index in [9.17, 15) is 5.11 Å². The molecule has 0 aliphatic carbocycles. The number of rotatable bonds is 3. The van der Waals surface area contributed by atoms with E-state index in [0.717, 1.165) is 0 Å². The zero-order valence-corrected chi connectivity index (χ0v) is 7.15. The van der Waals surface area contributed by atoms with E-state index >= 15 is 0 Å². The lowest BCUT2D eigenvalue weighted by atomic mass is 9.87. The minimum absolute atomic E-state index is 0.531. The molecular weight excluding hydrogens is 150 g/mol. The van der Waals surface area contributed by atoms with E-state index in [1.54, 1.807) is 19.9 Å². The Balaban J connectivity index is 4.23. The number of allylic oxidation sites excluding steroid dienone is 1. The fourth-order valence-electron chi connectivity index (χ4n) is 0.504. The molecule has 0 aromatic carbocycles. The first kappa shape index (κ1) is 9.95. The highest BCUT2D eigenvalue weighted by atomic mass is 35.5. The lowest BCUT2D eigenvalue weighted by Gasteiger charge is -2.33. The van der Waals surface area contributed by atoms with Gasteiger partial charge in [0.15, 0.2) is 5.18 Å². The SMILES string of the molecule is C=CCC(C)(C)C(N)(O)Cl. The molecule has 0 radical (unpaired) electrons. The second-order valence-electron chi connectivity index (χ2n) is 3.05. The van der Waals surface area contributed by atoms with Crippen molar-refractivity contribution in [3.63, 3.8) is 0 Å². The number of halogens is 1. The first-order chi connectivity index (χ1) is 4.31. The Kier molecular flexibility index (Phi) is 2.89. The van der Waals surface area contributed by atoms with Crippen molar-refractivity contribution in [2.24, 2.45) is 11.1 Å². The van der Waals surface area contributed by atoms with Crippen molar-refractivity contribution in [1.82, 2.24) is 0 Å². The van der Waals surface area contributed by atoms with Gasteiger partial charge < -0.3 is 5.11 Å².